The normalized spacial score (nSPS) is 17.2. The van der Waals surface area contributed by atoms with Crippen LogP contribution in [0.4, 0.5) is 30.5 Å². The predicted octanol–water partition coefficient (Wildman–Crippen LogP) is 5.32. The number of hydrogen-bond acceptors (Lipinski definition) is 6. The van der Waals surface area contributed by atoms with Crippen molar-refractivity contribution < 1.29 is 13.2 Å². The van der Waals surface area contributed by atoms with Gasteiger partial charge in [0, 0.05) is 41.2 Å². The Hall–Kier alpha value is -3.11. The van der Waals surface area contributed by atoms with E-state index in [2.05, 4.69) is 40.7 Å². The maximum Gasteiger partial charge on any atom is 0.416 e. The molecule has 1 aliphatic heterocycles. The lowest BCUT2D eigenvalue weighted by atomic mass is 9.90. The van der Waals surface area contributed by atoms with E-state index in [0.717, 1.165) is 54.0 Å². The standard InChI is InChI=1S/C25H25F3N6S/c1-13-20(9-14-8-17(34(2)3)5-7-19(14)30-13)32-24-29-12-15-10-22(35)31-21-11-16(25(26,27)28)4-6-18(21)23(15)33-24/h4,6,9,11-12,17H,5,7-8,10H2,1-3H3,(H,31,35)(H,29,32,33)/t17-/m0/s1. The van der Waals surface area contributed by atoms with Gasteiger partial charge in [-0.3, -0.25) is 4.98 Å². The first-order valence-electron chi connectivity index (χ1n) is 11.4. The first kappa shape index (κ1) is 23.6. The Balaban J connectivity index is 1.51. The zero-order valence-electron chi connectivity index (χ0n) is 19.6. The van der Waals surface area contributed by atoms with E-state index in [1.54, 1.807) is 6.20 Å². The molecule has 0 saturated carbocycles. The number of aromatic nitrogens is 3. The molecule has 10 heteroatoms. The minimum atomic E-state index is -4.45. The second-order valence-corrected chi connectivity index (χ2v) is 9.76. The zero-order valence-corrected chi connectivity index (χ0v) is 20.4. The summed E-state index contributed by atoms with van der Waals surface area (Å²) in [6.45, 7) is 1.94. The van der Waals surface area contributed by atoms with E-state index >= 15 is 0 Å². The molecule has 2 N–H and O–H groups in total. The van der Waals surface area contributed by atoms with Crippen LogP contribution in [-0.2, 0) is 25.4 Å². The van der Waals surface area contributed by atoms with Gasteiger partial charge in [-0.1, -0.05) is 18.3 Å². The van der Waals surface area contributed by atoms with Crippen LogP contribution in [0.2, 0.25) is 0 Å². The van der Waals surface area contributed by atoms with Gasteiger partial charge in [-0.05, 0) is 64.0 Å². The Labute approximate surface area is 207 Å². The van der Waals surface area contributed by atoms with Gasteiger partial charge in [0.05, 0.1) is 27.6 Å². The molecule has 3 aromatic rings. The fourth-order valence-corrected chi connectivity index (χ4v) is 4.93. The number of halogens is 3. The molecule has 0 bridgehead atoms. The Morgan fingerprint density at radius 1 is 1.14 bits per heavy atom. The fraction of sp³-hybridized carbons (Fsp3) is 0.360. The lowest BCUT2D eigenvalue weighted by Gasteiger charge is -2.30. The number of nitrogens with zero attached hydrogens (tertiary/aromatic N) is 4. The topological polar surface area (TPSA) is 66.0 Å². The second-order valence-electron chi connectivity index (χ2n) is 9.26. The number of hydrogen-bond donors (Lipinski definition) is 2. The number of aryl methyl sites for hydroxylation is 2. The predicted molar refractivity (Wildman–Crippen MR) is 134 cm³/mol. The number of pyridine rings is 1. The molecular formula is C25H25F3N6S. The Kier molecular flexibility index (Phi) is 5.96. The van der Waals surface area contributed by atoms with Crippen LogP contribution in [0.5, 0.6) is 0 Å². The molecule has 0 unspecified atom stereocenters. The van der Waals surface area contributed by atoms with Crippen LogP contribution in [-0.4, -0.2) is 45.0 Å². The van der Waals surface area contributed by atoms with Crippen molar-refractivity contribution in [3.63, 3.8) is 0 Å². The van der Waals surface area contributed by atoms with Crippen molar-refractivity contribution in [2.24, 2.45) is 0 Å². The van der Waals surface area contributed by atoms with E-state index in [0.29, 0.717) is 34.7 Å². The largest absolute Gasteiger partial charge is 0.416 e. The first-order chi connectivity index (χ1) is 16.6. The van der Waals surface area contributed by atoms with E-state index in [4.69, 9.17) is 22.2 Å². The molecule has 3 heterocycles. The molecule has 1 atom stereocenters. The number of nitrogens with one attached hydrogen (secondary N) is 2. The number of benzene rings is 1. The fourth-order valence-electron chi connectivity index (χ4n) is 4.66. The van der Waals surface area contributed by atoms with Gasteiger partial charge >= 0.3 is 6.18 Å². The van der Waals surface area contributed by atoms with Gasteiger partial charge in [0.2, 0.25) is 5.95 Å². The van der Waals surface area contributed by atoms with E-state index in [1.165, 1.54) is 11.6 Å². The first-order valence-corrected chi connectivity index (χ1v) is 11.8. The lowest BCUT2D eigenvalue weighted by molar-refractivity contribution is -0.137. The van der Waals surface area contributed by atoms with Gasteiger partial charge in [-0.15, -0.1) is 0 Å². The summed E-state index contributed by atoms with van der Waals surface area (Å²) in [5.41, 5.74) is 5.40. The maximum atomic E-state index is 13.3. The molecule has 35 heavy (non-hydrogen) atoms. The minimum absolute atomic E-state index is 0.287. The monoisotopic (exact) mass is 498 g/mol. The van der Waals surface area contributed by atoms with E-state index in [1.807, 2.05) is 6.92 Å². The van der Waals surface area contributed by atoms with Crippen LogP contribution in [0.1, 0.15) is 34.5 Å². The average molecular weight is 499 g/mol. The Morgan fingerprint density at radius 2 is 1.94 bits per heavy atom. The molecule has 2 aliphatic rings. The van der Waals surface area contributed by atoms with Crippen molar-refractivity contribution in [3.8, 4) is 11.3 Å². The molecule has 0 fully saturated rings. The molecule has 2 aromatic heterocycles. The number of likely N-dealkylation sites (N-methyl/N-ethyl adjacent to an activating group) is 1. The number of fused-ring (bicyclic) bond motifs is 4. The van der Waals surface area contributed by atoms with E-state index in [-0.39, 0.29) is 5.69 Å². The second kappa shape index (κ2) is 8.83. The summed E-state index contributed by atoms with van der Waals surface area (Å²) in [6, 6.07) is 6.15. The summed E-state index contributed by atoms with van der Waals surface area (Å²) < 4.78 is 39.8. The highest BCUT2D eigenvalue weighted by atomic mass is 32.1. The molecule has 1 aliphatic carbocycles. The molecule has 0 spiro atoms. The molecule has 182 valence electrons. The molecule has 6 nitrogen and oxygen atoms in total. The summed E-state index contributed by atoms with van der Waals surface area (Å²) >= 11 is 5.35. The number of thiocarbonyl (C=S) groups is 1. The van der Waals surface area contributed by atoms with Crippen molar-refractivity contribution in [2.45, 2.75) is 44.8 Å². The van der Waals surface area contributed by atoms with Crippen molar-refractivity contribution >= 4 is 34.5 Å². The summed E-state index contributed by atoms with van der Waals surface area (Å²) in [6.07, 6.45) is 0.513. The quantitative estimate of drug-likeness (QED) is 0.474. The minimum Gasteiger partial charge on any atom is -0.349 e. The molecular weight excluding hydrogens is 473 g/mol. The smallest absolute Gasteiger partial charge is 0.349 e. The van der Waals surface area contributed by atoms with Crippen molar-refractivity contribution in [1.29, 1.82) is 0 Å². The zero-order chi connectivity index (χ0) is 24.9. The summed E-state index contributed by atoms with van der Waals surface area (Å²) in [5.74, 6) is 0.354. The Morgan fingerprint density at radius 3 is 2.69 bits per heavy atom. The third-order valence-corrected chi connectivity index (χ3v) is 6.87. The van der Waals surface area contributed by atoms with E-state index in [9.17, 15) is 13.2 Å². The van der Waals surface area contributed by atoms with Crippen LogP contribution in [0.25, 0.3) is 11.3 Å². The van der Waals surface area contributed by atoms with Crippen molar-refractivity contribution in [1.82, 2.24) is 19.9 Å². The number of anilines is 3. The summed E-state index contributed by atoms with van der Waals surface area (Å²) in [5, 5.41) is 6.22. The van der Waals surface area contributed by atoms with Crippen molar-refractivity contribution in [3.05, 3.63) is 58.5 Å². The van der Waals surface area contributed by atoms with Gasteiger partial charge < -0.3 is 15.5 Å². The summed E-state index contributed by atoms with van der Waals surface area (Å²) in [4.78, 5) is 16.6. The molecule has 5 rings (SSSR count). The van der Waals surface area contributed by atoms with Crippen molar-refractivity contribution in [2.75, 3.05) is 24.7 Å². The highest BCUT2D eigenvalue weighted by molar-refractivity contribution is 7.80. The molecule has 0 saturated heterocycles. The molecule has 0 radical (unpaired) electrons. The van der Waals surface area contributed by atoms with E-state index < -0.39 is 11.7 Å². The molecule has 0 amide bonds. The Bertz CT molecular complexity index is 1320. The van der Waals surface area contributed by atoms with Gasteiger partial charge in [0.15, 0.2) is 0 Å². The lowest BCUT2D eigenvalue weighted by Crippen LogP contribution is -2.34. The summed E-state index contributed by atoms with van der Waals surface area (Å²) in [7, 11) is 4.19. The highest BCUT2D eigenvalue weighted by Crippen LogP contribution is 2.38. The van der Waals surface area contributed by atoms with Gasteiger partial charge in [0.1, 0.15) is 0 Å². The van der Waals surface area contributed by atoms with Gasteiger partial charge in [-0.25, -0.2) is 9.97 Å². The SMILES string of the molecule is Cc1nc2c(cc1Nc1ncc3c(n1)-c1ccc(C(F)(F)F)cc1NC(=S)C3)C[C@@H](N(C)C)CC2. The van der Waals surface area contributed by atoms with Crippen LogP contribution in [0.3, 0.4) is 0 Å². The third kappa shape index (κ3) is 4.72. The average Bonchev–Trinajstić information content (AvgIpc) is 2.93. The van der Waals surface area contributed by atoms with Crippen LogP contribution < -0.4 is 10.6 Å². The number of alkyl halides is 3. The third-order valence-electron chi connectivity index (χ3n) is 6.62. The molecule has 1 aromatic carbocycles. The maximum absolute atomic E-state index is 13.3. The van der Waals surface area contributed by atoms with Crippen LogP contribution in [0.15, 0.2) is 30.5 Å². The van der Waals surface area contributed by atoms with Gasteiger partial charge in [-0.2, -0.15) is 13.2 Å². The van der Waals surface area contributed by atoms with Crippen LogP contribution in [0, 0.1) is 6.92 Å². The van der Waals surface area contributed by atoms with Crippen LogP contribution >= 0.6 is 12.2 Å². The highest BCUT2D eigenvalue weighted by Gasteiger charge is 2.32. The number of rotatable bonds is 3. The van der Waals surface area contributed by atoms with Gasteiger partial charge in [0.25, 0.3) is 0 Å².